The molecule has 0 bridgehead atoms. The molecule has 0 spiro atoms. The van der Waals surface area contributed by atoms with Crippen LogP contribution in [0.4, 0.5) is 5.00 Å². The first-order chi connectivity index (χ1) is 8.66. The molecule has 3 heterocycles. The summed E-state index contributed by atoms with van der Waals surface area (Å²) in [5.74, 6) is 1.01. The Balaban J connectivity index is 2.08. The molecular formula is C12H12N4OS. The van der Waals surface area contributed by atoms with E-state index in [4.69, 9.17) is 10.3 Å². The fourth-order valence-electron chi connectivity index (χ4n) is 1.82. The molecule has 0 aromatic carbocycles. The largest absolute Gasteiger partial charge is 0.390 e. The van der Waals surface area contributed by atoms with Crippen molar-refractivity contribution in [2.75, 3.05) is 5.73 Å². The van der Waals surface area contributed by atoms with Crippen LogP contribution in [0.25, 0.3) is 23.0 Å². The molecular weight excluding hydrogens is 248 g/mol. The molecule has 5 nitrogen and oxygen atoms in total. The Hall–Kier alpha value is -2.08. The van der Waals surface area contributed by atoms with Crippen LogP contribution >= 0.6 is 11.3 Å². The van der Waals surface area contributed by atoms with Crippen molar-refractivity contribution in [3.8, 4) is 23.0 Å². The number of hydrogen-bond donors (Lipinski definition) is 2. The number of aromatic nitrogens is 3. The Morgan fingerprint density at radius 1 is 1.39 bits per heavy atom. The van der Waals surface area contributed by atoms with Crippen LogP contribution in [0.1, 0.15) is 10.4 Å². The second kappa shape index (κ2) is 3.99. The summed E-state index contributed by atoms with van der Waals surface area (Å²) in [7, 11) is 0. The third-order valence-electron chi connectivity index (χ3n) is 2.89. The summed E-state index contributed by atoms with van der Waals surface area (Å²) < 4.78 is 5.30. The molecule has 0 saturated carbocycles. The quantitative estimate of drug-likeness (QED) is 0.742. The summed E-state index contributed by atoms with van der Waals surface area (Å²) in [5.41, 5.74) is 8.76. The average molecular weight is 260 g/mol. The number of nitrogen functional groups attached to an aromatic ring is 1. The summed E-state index contributed by atoms with van der Waals surface area (Å²) >= 11 is 1.54. The van der Waals surface area contributed by atoms with Crippen LogP contribution in [0.5, 0.6) is 0 Å². The molecule has 0 unspecified atom stereocenters. The number of nitrogens with one attached hydrogen (secondary N) is 1. The molecule has 3 N–H and O–H groups in total. The molecule has 0 aliphatic carbocycles. The number of nitrogens with two attached hydrogens (primary N) is 1. The minimum Gasteiger partial charge on any atom is -0.390 e. The highest BCUT2D eigenvalue weighted by atomic mass is 32.1. The lowest BCUT2D eigenvalue weighted by atomic mass is 10.1. The molecule has 18 heavy (non-hydrogen) atoms. The zero-order valence-corrected chi connectivity index (χ0v) is 10.8. The fraction of sp³-hybridized carbons (Fsp3) is 0.167. The van der Waals surface area contributed by atoms with Gasteiger partial charge in [-0.15, -0.1) is 11.3 Å². The van der Waals surface area contributed by atoms with E-state index in [1.54, 1.807) is 0 Å². The maximum absolute atomic E-state index is 5.99. The Bertz CT molecular complexity index is 681. The van der Waals surface area contributed by atoms with Gasteiger partial charge in [0.2, 0.25) is 5.82 Å². The normalized spacial score (nSPS) is 11.0. The van der Waals surface area contributed by atoms with E-state index in [1.807, 2.05) is 32.2 Å². The van der Waals surface area contributed by atoms with Gasteiger partial charge in [-0.2, -0.15) is 4.98 Å². The predicted molar refractivity (Wildman–Crippen MR) is 71.3 cm³/mol. The lowest BCUT2D eigenvalue weighted by molar-refractivity contribution is 0.432. The van der Waals surface area contributed by atoms with Gasteiger partial charge in [-0.1, -0.05) is 5.16 Å². The molecule has 3 aromatic rings. The Morgan fingerprint density at radius 3 is 2.83 bits per heavy atom. The summed E-state index contributed by atoms with van der Waals surface area (Å²) in [4.78, 5) is 8.58. The maximum atomic E-state index is 5.99. The first-order valence-corrected chi connectivity index (χ1v) is 6.31. The molecule has 3 aromatic heterocycles. The average Bonchev–Trinajstić information content (AvgIpc) is 3.01. The Kier molecular flexibility index (Phi) is 2.45. The van der Waals surface area contributed by atoms with Gasteiger partial charge in [0.25, 0.3) is 5.89 Å². The van der Waals surface area contributed by atoms with E-state index in [1.165, 1.54) is 16.2 Å². The SMILES string of the molecule is Cc1sc(N)c(-c2nc(-c3ccc[nH]3)no2)c1C. The van der Waals surface area contributed by atoms with Crippen LogP contribution in [0.15, 0.2) is 22.9 Å². The van der Waals surface area contributed by atoms with E-state index in [9.17, 15) is 0 Å². The Labute approximate surface area is 108 Å². The highest BCUT2D eigenvalue weighted by molar-refractivity contribution is 7.16. The summed E-state index contributed by atoms with van der Waals surface area (Å²) in [6, 6.07) is 3.78. The van der Waals surface area contributed by atoms with E-state index in [0.29, 0.717) is 16.7 Å². The zero-order chi connectivity index (χ0) is 12.7. The third-order valence-corrected chi connectivity index (χ3v) is 3.93. The van der Waals surface area contributed by atoms with Crippen molar-refractivity contribution >= 4 is 16.3 Å². The fourth-order valence-corrected chi connectivity index (χ4v) is 2.75. The van der Waals surface area contributed by atoms with Gasteiger partial charge in [-0.25, -0.2) is 0 Å². The van der Waals surface area contributed by atoms with Crippen LogP contribution in [0, 0.1) is 13.8 Å². The van der Waals surface area contributed by atoms with Crippen molar-refractivity contribution in [1.82, 2.24) is 15.1 Å². The van der Waals surface area contributed by atoms with Gasteiger partial charge in [0, 0.05) is 11.1 Å². The molecule has 0 amide bonds. The molecule has 0 aliphatic heterocycles. The van der Waals surface area contributed by atoms with Crippen LogP contribution in [0.2, 0.25) is 0 Å². The van der Waals surface area contributed by atoms with Gasteiger partial charge in [-0.3, -0.25) is 0 Å². The van der Waals surface area contributed by atoms with Gasteiger partial charge in [-0.05, 0) is 31.5 Å². The second-order valence-electron chi connectivity index (χ2n) is 4.03. The molecule has 0 aliphatic rings. The summed E-state index contributed by atoms with van der Waals surface area (Å²) in [6.07, 6.45) is 1.82. The van der Waals surface area contributed by atoms with E-state index in [0.717, 1.165) is 16.8 Å². The van der Waals surface area contributed by atoms with E-state index >= 15 is 0 Å². The number of aryl methyl sites for hydroxylation is 1. The topological polar surface area (TPSA) is 80.7 Å². The van der Waals surface area contributed by atoms with Gasteiger partial charge >= 0.3 is 0 Å². The highest BCUT2D eigenvalue weighted by Crippen LogP contribution is 2.37. The molecule has 0 saturated heterocycles. The first-order valence-electron chi connectivity index (χ1n) is 5.50. The number of hydrogen-bond acceptors (Lipinski definition) is 5. The van der Waals surface area contributed by atoms with Crippen LogP contribution in [-0.2, 0) is 0 Å². The third kappa shape index (κ3) is 1.62. The lowest BCUT2D eigenvalue weighted by Crippen LogP contribution is -1.86. The lowest BCUT2D eigenvalue weighted by Gasteiger charge is -1.94. The smallest absolute Gasteiger partial charge is 0.261 e. The minimum atomic E-state index is 0.471. The van der Waals surface area contributed by atoms with Gasteiger partial charge in [0.1, 0.15) is 0 Å². The highest BCUT2D eigenvalue weighted by Gasteiger charge is 2.19. The van der Waals surface area contributed by atoms with Crippen LogP contribution in [0.3, 0.4) is 0 Å². The van der Waals surface area contributed by atoms with Crippen LogP contribution in [-0.4, -0.2) is 15.1 Å². The predicted octanol–water partition coefficient (Wildman–Crippen LogP) is 2.99. The number of aromatic amines is 1. The summed E-state index contributed by atoms with van der Waals surface area (Å²) in [5, 5.41) is 4.67. The molecule has 6 heteroatoms. The molecule has 92 valence electrons. The number of rotatable bonds is 2. The monoisotopic (exact) mass is 260 g/mol. The first kappa shape index (κ1) is 11.0. The minimum absolute atomic E-state index is 0.471. The van der Waals surface area contributed by atoms with Crippen molar-refractivity contribution in [2.24, 2.45) is 0 Å². The van der Waals surface area contributed by atoms with Crippen LogP contribution < -0.4 is 5.73 Å². The van der Waals surface area contributed by atoms with E-state index in [2.05, 4.69) is 15.1 Å². The zero-order valence-electron chi connectivity index (χ0n) is 10.0. The summed E-state index contributed by atoms with van der Waals surface area (Å²) in [6.45, 7) is 4.04. The Morgan fingerprint density at radius 2 is 2.22 bits per heavy atom. The molecule has 3 rings (SSSR count). The maximum Gasteiger partial charge on any atom is 0.261 e. The number of H-pyrrole nitrogens is 1. The number of thiophene rings is 1. The standard InChI is InChI=1S/C12H12N4OS/c1-6-7(2)18-10(13)9(6)12-15-11(16-17-12)8-4-3-5-14-8/h3-5,14H,13H2,1-2H3. The van der Waals surface area contributed by atoms with Crippen molar-refractivity contribution in [3.63, 3.8) is 0 Å². The molecule has 0 fully saturated rings. The van der Waals surface area contributed by atoms with Crippen molar-refractivity contribution < 1.29 is 4.52 Å². The van der Waals surface area contributed by atoms with Crippen molar-refractivity contribution in [1.29, 1.82) is 0 Å². The van der Waals surface area contributed by atoms with Gasteiger partial charge in [0.05, 0.1) is 16.3 Å². The van der Waals surface area contributed by atoms with E-state index < -0.39 is 0 Å². The van der Waals surface area contributed by atoms with Gasteiger partial charge in [0.15, 0.2) is 0 Å². The van der Waals surface area contributed by atoms with Crippen molar-refractivity contribution in [2.45, 2.75) is 13.8 Å². The second-order valence-corrected chi connectivity index (χ2v) is 5.29. The number of anilines is 1. The molecule has 0 radical (unpaired) electrons. The molecule has 0 atom stereocenters. The van der Waals surface area contributed by atoms with Crippen molar-refractivity contribution in [3.05, 3.63) is 28.8 Å². The number of nitrogens with zero attached hydrogens (tertiary/aromatic N) is 2. The van der Waals surface area contributed by atoms with E-state index in [-0.39, 0.29) is 0 Å². The van der Waals surface area contributed by atoms with Gasteiger partial charge < -0.3 is 15.2 Å².